The van der Waals surface area contributed by atoms with E-state index in [0.717, 1.165) is 37.2 Å². The number of aryl methyl sites for hydroxylation is 1. The molecule has 1 aliphatic carbocycles. The van der Waals surface area contributed by atoms with Gasteiger partial charge in [-0.25, -0.2) is 9.97 Å². The van der Waals surface area contributed by atoms with Crippen LogP contribution in [0.1, 0.15) is 50.4 Å². The third-order valence-corrected chi connectivity index (χ3v) is 3.61. The minimum absolute atomic E-state index is 0.160. The maximum Gasteiger partial charge on any atom is 0.223 e. The topological polar surface area (TPSA) is 58.0 Å². The molecule has 2 N–H and O–H groups in total. The van der Waals surface area contributed by atoms with Crippen LogP contribution in [0.25, 0.3) is 0 Å². The third kappa shape index (κ3) is 3.19. The van der Waals surface area contributed by atoms with E-state index in [-0.39, 0.29) is 6.10 Å². The first kappa shape index (κ1) is 13.3. The van der Waals surface area contributed by atoms with Gasteiger partial charge in [-0.2, -0.15) is 0 Å². The van der Waals surface area contributed by atoms with Crippen LogP contribution in [-0.2, 0) is 0 Å². The van der Waals surface area contributed by atoms with Crippen LogP contribution in [0.5, 0.6) is 0 Å². The van der Waals surface area contributed by atoms with Gasteiger partial charge < -0.3 is 10.4 Å². The molecule has 2 rings (SSSR count). The lowest BCUT2D eigenvalue weighted by Crippen LogP contribution is -2.23. The molecular formula is C14H23N3O. The Hall–Kier alpha value is -1.16. The molecule has 0 bridgehead atoms. The Morgan fingerprint density at radius 2 is 2.17 bits per heavy atom. The molecule has 100 valence electrons. The number of anilines is 1. The average Bonchev–Trinajstić information content (AvgIpc) is 2.71. The second kappa shape index (κ2) is 5.65. The summed E-state index contributed by atoms with van der Waals surface area (Å²) in [5.41, 5.74) is 2.06. The van der Waals surface area contributed by atoms with E-state index in [4.69, 9.17) is 0 Å². The van der Waals surface area contributed by atoms with Gasteiger partial charge in [0.15, 0.2) is 0 Å². The number of rotatable bonds is 4. The van der Waals surface area contributed by atoms with Gasteiger partial charge >= 0.3 is 0 Å². The molecule has 4 heteroatoms. The van der Waals surface area contributed by atoms with E-state index in [1.54, 1.807) is 0 Å². The van der Waals surface area contributed by atoms with E-state index >= 15 is 0 Å². The van der Waals surface area contributed by atoms with Crippen molar-refractivity contribution in [2.75, 3.05) is 11.9 Å². The molecule has 1 saturated carbocycles. The summed E-state index contributed by atoms with van der Waals surface area (Å²) in [6.07, 6.45) is 2.99. The van der Waals surface area contributed by atoms with Crippen molar-refractivity contribution in [3.8, 4) is 0 Å². The van der Waals surface area contributed by atoms with Crippen molar-refractivity contribution >= 4 is 5.95 Å². The lowest BCUT2D eigenvalue weighted by atomic mass is 10.1. The van der Waals surface area contributed by atoms with Gasteiger partial charge in [0.05, 0.1) is 6.10 Å². The molecule has 0 spiro atoms. The van der Waals surface area contributed by atoms with Gasteiger partial charge in [-0.15, -0.1) is 0 Å². The number of aliphatic hydroxyl groups is 1. The van der Waals surface area contributed by atoms with Crippen LogP contribution in [0.4, 0.5) is 5.95 Å². The Bertz CT molecular complexity index is 406. The molecule has 1 heterocycles. The molecule has 1 aromatic rings. The van der Waals surface area contributed by atoms with Gasteiger partial charge in [-0.3, -0.25) is 0 Å². The lowest BCUT2D eigenvalue weighted by Gasteiger charge is -2.16. The first-order valence-electron chi connectivity index (χ1n) is 6.83. The maximum absolute atomic E-state index is 9.78. The predicted octanol–water partition coefficient (Wildman–Crippen LogP) is 2.48. The van der Waals surface area contributed by atoms with Crippen molar-refractivity contribution < 1.29 is 5.11 Å². The van der Waals surface area contributed by atoms with Crippen molar-refractivity contribution in [1.29, 1.82) is 0 Å². The van der Waals surface area contributed by atoms with Crippen LogP contribution in [0.15, 0.2) is 6.07 Å². The van der Waals surface area contributed by atoms with Crippen molar-refractivity contribution in [2.24, 2.45) is 5.92 Å². The Kier molecular flexibility index (Phi) is 4.17. The summed E-state index contributed by atoms with van der Waals surface area (Å²) < 4.78 is 0. The van der Waals surface area contributed by atoms with Crippen molar-refractivity contribution in [2.45, 2.75) is 52.1 Å². The number of aromatic nitrogens is 2. The molecule has 2 atom stereocenters. The second-order valence-corrected chi connectivity index (χ2v) is 5.55. The summed E-state index contributed by atoms with van der Waals surface area (Å²) in [6.45, 7) is 7.02. The summed E-state index contributed by atoms with van der Waals surface area (Å²) in [6, 6.07) is 2.03. The Labute approximate surface area is 109 Å². The molecular weight excluding hydrogens is 226 g/mol. The summed E-state index contributed by atoms with van der Waals surface area (Å²) >= 11 is 0. The normalized spacial score (nSPS) is 23.6. The van der Waals surface area contributed by atoms with Gasteiger partial charge in [0.1, 0.15) is 0 Å². The van der Waals surface area contributed by atoms with Crippen LogP contribution in [0.2, 0.25) is 0 Å². The predicted molar refractivity (Wildman–Crippen MR) is 72.7 cm³/mol. The molecule has 1 aliphatic rings. The van der Waals surface area contributed by atoms with Gasteiger partial charge in [0.2, 0.25) is 5.95 Å². The number of nitrogens with zero attached hydrogens (tertiary/aromatic N) is 2. The van der Waals surface area contributed by atoms with Crippen molar-refractivity contribution in [3.63, 3.8) is 0 Å². The van der Waals surface area contributed by atoms with E-state index in [2.05, 4.69) is 29.1 Å². The van der Waals surface area contributed by atoms with Crippen molar-refractivity contribution in [1.82, 2.24) is 9.97 Å². The van der Waals surface area contributed by atoms with Gasteiger partial charge in [-0.1, -0.05) is 20.3 Å². The minimum atomic E-state index is -0.160. The molecule has 0 saturated heterocycles. The molecule has 0 aromatic carbocycles. The Morgan fingerprint density at radius 3 is 2.78 bits per heavy atom. The Balaban J connectivity index is 2.00. The standard InChI is InChI=1S/C14H23N3O/c1-9(2)12-7-10(3)16-14(17-12)15-8-11-5-4-6-13(11)18/h7,9,11,13,18H,4-6,8H2,1-3H3,(H,15,16,17). The smallest absolute Gasteiger partial charge is 0.223 e. The molecule has 2 unspecified atom stereocenters. The molecule has 18 heavy (non-hydrogen) atoms. The zero-order valence-electron chi connectivity index (χ0n) is 11.5. The van der Waals surface area contributed by atoms with Crippen LogP contribution >= 0.6 is 0 Å². The molecule has 0 aliphatic heterocycles. The first-order chi connectivity index (χ1) is 8.56. The van der Waals surface area contributed by atoms with Crippen LogP contribution in [0.3, 0.4) is 0 Å². The largest absolute Gasteiger partial charge is 0.393 e. The van der Waals surface area contributed by atoms with Crippen LogP contribution in [-0.4, -0.2) is 27.7 Å². The fourth-order valence-corrected chi connectivity index (χ4v) is 2.45. The second-order valence-electron chi connectivity index (χ2n) is 5.55. The summed E-state index contributed by atoms with van der Waals surface area (Å²) in [5, 5.41) is 13.1. The maximum atomic E-state index is 9.78. The number of hydrogen-bond donors (Lipinski definition) is 2. The summed E-state index contributed by atoms with van der Waals surface area (Å²) in [5.74, 6) is 1.44. The lowest BCUT2D eigenvalue weighted by molar-refractivity contribution is 0.138. The first-order valence-corrected chi connectivity index (χ1v) is 6.83. The number of hydrogen-bond acceptors (Lipinski definition) is 4. The average molecular weight is 249 g/mol. The molecule has 1 fully saturated rings. The fraction of sp³-hybridized carbons (Fsp3) is 0.714. The number of aliphatic hydroxyl groups excluding tert-OH is 1. The van der Waals surface area contributed by atoms with Crippen LogP contribution in [0, 0.1) is 12.8 Å². The van der Waals surface area contributed by atoms with E-state index in [1.807, 2.05) is 13.0 Å². The molecule has 4 nitrogen and oxygen atoms in total. The third-order valence-electron chi connectivity index (χ3n) is 3.61. The van der Waals surface area contributed by atoms with Crippen LogP contribution < -0.4 is 5.32 Å². The Morgan fingerprint density at radius 1 is 1.39 bits per heavy atom. The monoisotopic (exact) mass is 249 g/mol. The SMILES string of the molecule is Cc1cc(C(C)C)nc(NCC2CCCC2O)n1. The highest BCUT2D eigenvalue weighted by Gasteiger charge is 2.24. The van der Waals surface area contributed by atoms with Gasteiger partial charge in [0, 0.05) is 23.9 Å². The van der Waals surface area contributed by atoms with E-state index in [1.165, 1.54) is 0 Å². The summed E-state index contributed by atoms with van der Waals surface area (Å²) in [7, 11) is 0. The van der Waals surface area contributed by atoms with Gasteiger partial charge in [0.25, 0.3) is 0 Å². The molecule has 1 aromatic heterocycles. The van der Waals surface area contributed by atoms with Gasteiger partial charge in [-0.05, 0) is 31.7 Å². The van der Waals surface area contributed by atoms with Crippen molar-refractivity contribution in [3.05, 3.63) is 17.5 Å². The quantitative estimate of drug-likeness (QED) is 0.860. The zero-order valence-corrected chi connectivity index (χ0v) is 11.5. The fourth-order valence-electron chi connectivity index (χ4n) is 2.45. The number of nitrogens with one attached hydrogen (secondary N) is 1. The van der Waals surface area contributed by atoms with E-state index in [0.29, 0.717) is 17.8 Å². The van der Waals surface area contributed by atoms with E-state index in [9.17, 15) is 5.11 Å². The highest BCUT2D eigenvalue weighted by Crippen LogP contribution is 2.25. The minimum Gasteiger partial charge on any atom is -0.393 e. The zero-order chi connectivity index (χ0) is 13.1. The molecule has 0 amide bonds. The summed E-state index contributed by atoms with van der Waals surface area (Å²) in [4.78, 5) is 8.91. The highest BCUT2D eigenvalue weighted by atomic mass is 16.3. The highest BCUT2D eigenvalue weighted by molar-refractivity contribution is 5.29. The molecule has 0 radical (unpaired) electrons. The van der Waals surface area contributed by atoms with E-state index < -0.39 is 0 Å².